The van der Waals surface area contributed by atoms with Gasteiger partial charge in [-0.25, -0.2) is 0 Å². The van der Waals surface area contributed by atoms with E-state index < -0.39 is 4.92 Å². The van der Waals surface area contributed by atoms with Crippen LogP contribution in [0.3, 0.4) is 0 Å². The second-order valence-corrected chi connectivity index (χ2v) is 5.74. The third-order valence-corrected chi connectivity index (χ3v) is 3.97. The number of nitrogens with zero attached hydrogens (tertiary/aromatic N) is 2. The number of non-ortho nitro benzene ring substituents is 1. The Balaban J connectivity index is 2.00. The monoisotopic (exact) mass is 336 g/mol. The number of rotatable bonds is 7. The first-order valence-corrected chi connectivity index (χ1v) is 7.61. The van der Waals surface area contributed by atoms with Crippen molar-refractivity contribution in [3.8, 4) is 11.5 Å². The van der Waals surface area contributed by atoms with E-state index in [0.29, 0.717) is 12.3 Å². The first-order valence-electron chi connectivity index (χ1n) is 6.73. The number of benzene rings is 1. The van der Waals surface area contributed by atoms with E-state index in [1.807, 2.05) is 17.5 Å². The van der Waals surface area contributed by atoms with Crippen LogP contribution >= 0.6 is 11.3 Å². The van der Waals surface area contributed by atoms with Crippen molar-refractivity contribution in [2.75, 3.05) is 20.8 Å². The standard InChI is InChI=1S/C15H16N2O5S/c1-16(9-12-4-3-7-23-12)15(18)10-22-14-8-11(17(19)20)5-6-13(14)21-2/h3-8H,9-10H2,1-2H3. The number of thiophene rings is 1. The molecular formula is C15H16N2O5S. The van der Waals surface area contributed by atoms with E-state index in [-0.39, 0.29) is 24.0 Å². The van der Waals surface area contributed by atoms with Gasteiger partial charge in [0.15, 0.2) is 18.1 Å². The van der Waals surface area contributed by atoms with Gasteiger partial charge in [0.05, 0.1) is 24.6 Å². The van der Waals surface area contributed by atoms with E-state index in [1.54, 1.807) is 18.4 Å². The van der Waals surface area contributed by atoms with Gasteiger partial charge >= 0.3 is 0 Å². The fourth-order valence-corrected chi connectivity index (χ4v) is 2.62. The van der Waals surface area contributed by atoms with Crippen molar-refractivity contribution in [1.29, 1.82) is 0 Å². The molecule has 1 heterocycles. The summed E-state index contributed by atoms with van der Waals surface area (Å²) in [5.74, 6) is 0.274. The summed E-state index contributed by atoms with van der Waals surface area (Å²) in [5, 5.41) is 12.8. The zero-order chi connectivity index (χ0) is 16.8. The van der Waals surface area contributed by atoms with Gasteiger partial charge in [-0.3, -0.25) is 14.9 Å². The van der Waals surface area contributed by atoms with Crippen LogP contribution < -0.4 is 9.47 Å². The Kier molecular flexibility index (Phi) is 5.53. The molecule has 2 rings (SSSR count). The molecule has 0 bridgehead atoms. The van der Waals surface area contributed by atoms with Gasteiger partial charge < -0.3 is 14.4 Å². The van der Waals surface area contributed by atoms with Crippen LogP contribution in [-0.2, 0) is 11.3 Å². The predicted octanol–water partition coefficient (Wildman–Crippen LogP) is 2.70. The number of methoxy groups -OCH3 is 1. The fourth-order valence-electron chi connectivity index (χ4n) is 1.87. The minimum Gasteiger partial charge on any atom is -0.493 e. The number of amides is 1. The van der Waals surface area contributed by atoms with Crippen LogP contribution in [-0.4, -0.2) is 36.5 Å². The van der Waals surface area contributed by atoms with Gasteiger partial charge in [0.1, 0.15) is 0 Å². The number of carbonyl (C=O) groups is 1. The summed E-state index contributed by atoms with van der Waals surface area (Å²) in [7, 11) is 3.11. The van der Waals surface area contributed by atoms with Gasteiger partial charge in [-0.1, -0.05) is 6.07 Å². The predicted molar refractivity (Wildman–Crippen MR) is 85.9 cm³/mol. The lowest BCUT2D eigenvalue weighted by Gasteiger charge is -2.17. The zero-order valence-corrected chi connectivity index (χ0v) is 13.5. The van der Waals surface area contributed by atoms with Crippen molar-refractivity contribution in [3.05, 3.63) is 50.7 Å². The van der Waals surface area contributed by atoms with Crippen LogP contribution in [0.4, 0.5) is 5.69 Å². The lowest BCUT2D eigenvalue weighted by Crippen LogP contribution is -2.30. The molecule has 0 atom stereocenters. The SMILES string of the molecule is COc1ccc([N+](=O)[O-])cc1OCC(=O)N(C)Cc1cccs1. The maximum Gasteiger partial charge on any atom is 0.273 e. The molecule has 8 heteroatoms. The zero-order valence-electron chi connectivity index (χ0n) is 12.7. The van der Waals surface area contributed by atoms with Gasteiger partial charge in [-0.05, 0) is 17.5 Å². The van der Waals surface area contributed by atoms with Crippen LogP contribution in [0.1, 0.15) is 4.88 Å². The molecule has 0 saturated carbocycles. The van der Waals surface area contributed by atoms with E-state index in [0.717, 1.165) is 4.88 Å². The lowest BCUT2D eigenvalue weighted by atomic mass is 10.3. The number of ether oxygens (including phenoxy) is 2. The number of nitro benzene ring substituents is 1. The second kappa shape index (κ2) is 7.59. The molecule has 0 aliphatic carbocycles. The Bertz CT molecular complexity index is 687. The quantitative estimate of drug-likeness (QED) is 0.573. The van der Waals surface area contributed by atoms with Gasteiger partial charge in [-0.15, -0.1) is 11.3 Å². The maximum atomic E-state index is 12.1. The van der Waals surface area contributed by atoms with Gasteiger partial charge in [0.2, 0.25) is 0 Å². The van der Waals surface area contributed by atoms with Crippen LogP contribution in [0.2, 0.25) is 0 Å². The molecule has 0 radical (unpaired) electrons. The first-order chi connectivity index (χ1) is 11.0. The topological polar surface area (TPSA) is 81.9 Å². The molecule has 0 fully saturated rings. The molecule has 1 amide bonds. The highest BCUT2D eigenvalue weighted by molar-refractivity contribution is 7.09. The van der Waals surface area contributed by atoms with Crippen molar-refractivity contribution >= 4 is 22.9 Å². The van der Waals surface area contributed by atoms with Crippen LogP contribution in [0.15, 0.2) is 35.7 Å². The minimum atomic E-state index is -0.531. The summed E-state index contributed by atoms with van der Waals surface area (Å²) < 4.78 is 10.5. The first kappa shape index (κ1) is 16.8. The number of carbonyl (C=O) groups excluding carboxylic acids is 1. The molecular weight excluding hydrogens is 320 g/mol. The maximum absolute atomic E-state index is 12.1. The Morgan fingerprint density at radius 3 is 2.74 bits per heavy atom. The smallest absolute Gasteiger partial charge is 0.273 e. The van der Waals surface area contributed by atoms with E-state index in [9.17, 15) is 14.9 Å². The van der Waals surface area contributed by atoms with Crippen LogP contribution in [0.25, 0.3) is 0 Å². The van der Waals surface area contributed by atoms with Gasteiger partial charge in [0, 0.05) is 18.0 Å². The third-order valence-electron chi connectivity index (χ3n) is 3.11. The second-order valence-electron chi connectivity index (χ2n) is 4.71. The number of nitro groups is 1. The van der Waals surface area contributed by atoms with Crippen molar-refractivity contribution < 1.29 is 19.2 Å². The molecule has 0 unspecified atom stereocenters. The number of hydrogen-bond donors (Lipinski definition) is 0. The molecule has 1 aromatic heterocycles. The average molecular weight is 336 g/mol. The summed E-state index contributed by atoms with van der Waals surface area (Å²) in [5.41, 5.74) is -0.125. The molecule has 23 heavy (non-hydrogen) atoms. The van der Waals surface area contributed by atoms with E-state index >= 15 is 0 Å². The van der Waals surface area contributed by atoms with Crippen molar-refractivity contribution in [2.45, 2.75) is 6.54 Å². The minimum absolute atomic E-state index is 0.125. The Morgan fingerprint density at radius 1 is 1.35 bits per heavy atom. The molecule has 0 aliphatic heterocycles. The summed E-state index contributed by atoms with van der Waals surface area (Å²) in [6, 6.07) is 7.86. The van der Waals surface area contributed by atoms with Crippen molar-refractivity contribution in [1.82, 2.24) is 4.90 Å². The highest BCUT2D eigenvalue weighted by Crippen LogP contribution is 2.31. The molecule has 0 N–H and O–H groups in total. The average Bonchev–Trinajstić information content (AvgIpc) is 3.04. The number of likely N-dealkylation sites (N-methyl/N-ethyl adjacent to an activating group) is 1. The normalized spacial score (nSPS) is 10.2. The van der Waals surface area contributed by atoms with Gasteiger partial charge in [0.25, 0.3) is 11.6 Å². The highest BCUT2D eigenvalue weighted by Gasteiger charge is 2.15. The van der Waals surface area contributed by atoms with Crippen molar-refractivity contribution in [2.24, 2.45) is 0 Å². The molecule has 0 spiro atoms. The lowest BCUT2D eigenvalue weighted by molar-refractivity contribution is -0.385. The molecule has 0 saturated heterocycles. The fraction of sp³-hybridized carbons (Fsp3) is 0.267. The molecule has 7 nitrogen and oxygen atoms in total. The third kappa shape index (κ3) is 4.43. The van der Waals surface area contributed by atoms with Crippen LogP contribution in [0, 0.1) is 10.1 Å². The highest BCUT2D eigenvalue weighted by atomic mass is 32.1. The molecule has 2 aromatic rings. The van der Waals surface area contributed by atoms with Gasteiger partial charge in [-0.2, -0.15) is 0 Å². The Hall–Kier alpha value is -2.61. The summed E-state index contributed by atoms with van der Waals surface area (Å²) >= 11 is 1.56. The van der Waals surface area contributed by atoms with E-state index in [4.69, 9.17) is 9.47 Å². The Labute approximate surface area is 137 Å². The Morgan fingerprint density at radius 2 is 2.13 bits per heavy atom. The molecule has 122 valence electrons. The van der Waals surface area contributed by atoms with E-state index in [2.05, 4.69) is 0 Å². The van der Waals surface area contributed by atoms with E-state index in [1.165, 1.54) is 30.2 Å². The molecule has 0 aliphatic rings. The van der Waals surface area contributed by atoms with Crippen molar-refractivity contribution in [3.63, 3.8) is 0 Å². The molecule has 1 aromatic carbocycles. The van der Waals surface area contributed by atoms with Crippen LogP contribution in [0.5, 0.6) is 11.5 Å². The number of hydrogen-bond acceptors (Lipinski definition) is 6. The summed E-state index contributed by atoms with van der Waals surface area (Å²) in [4.78, 5) is 25.0. The largest absolute Gasteiger partial charge is 0.493 e. The summed E-state index contributed by atoms with van der Waals surface area (Å²) in [6.45, 7) is 0.269. The summed E-state index contributed by atoms with van der Waals surface area (Å²) in [6.07, 6.45) is 0.